The molecule has 2 aliphatic rings. The Morgan fingerprint density at radius 3 is 2.62 bits per heavy atom. The highest BCUT2D eigenvalue weighted by molar-refractivity contribution is 5.88. The predicted molar refractivity (Wildman–Crippen MR) is 87.0 cm³/mol. The van der Waals surface area contributed by atoms with Gasteiger partial charge in [0, 0.05) is 18.7 Å². The number of benzene rings is 1. The van der Waals surface area contributed by atoms with E-state index in [2.05, 4.69) is 0 Å². The van der Waals surface area contributed by atoms with Gasteiger partial charge in [-0.15, -0.1) is 0 Å². The van der Waals surface area contributed by atoms with Gasteiger partial charge in [0.2, 0.25) is 0 Å². The summed E-state index contributed by atoms with van der Waals surface area (Å²) < 4.78 is 11.3. The quantitative estimate of drug-likeness (QED) is 0.918. The fraction of sp³-hybridized carbons (Fsp3) is 0.444. The minimum atomic E-state index is -0.983. The van der Waals surface area contributed by atoms with Crippen molar-refractivity contribution in [2.75, 3.05) is 0 Å². The van der Waals surface area contributed by atoms with Gasteiger partial charge in [-0.25, -0.2) is 9.59 Å². The van der Waals surface area contributed by atoms with E-state index in [-0.39, 0.29) is 23.8 Å². The molecule has 1 fully saturated rings. The number of carbonyl (C=O) groups is 2. The SMILES string of the molecule is CC(C)(C)OC(=O)N1C=C2C[C@H]1C[C@H]2Oc1cccc(C(=O)O)c1. The van der Waals surface area contributed by atoms with Crippen LogP contribution in [-0.4, -0.2) is 39.8 Å². The highest BCUT2D eigenvalue weighted by Gasteiger charge is 2.43. The molecule has 128 valence electrons. The molecule has 3 rings (SSSR count). The van der Waals surface area contributed by atoms with E-state index in [1.165, 1.54) is 12.1 Å². The minimum Gasteiger partial charge on any atom is -0.486 e. The van der Waals surface area contributed by atoms with Gasteiger partial charge >= 0.3 is 12.1 Å². The van der Waals surface area contributed by atoms with Crippen molar-refractivity contribution in [2.24, 2.45) is 0 Å². The molecule has 6 nitrogen and oxygen atoms in total. The smallest absolute Gasteiger partial charge is 0.414 e. The molecule has 1 amide bonds. The van der Waals surface area contributed by atoms with Gasteiger partial charge in [0.1, 0.15) is 17.5 Å². The number of amides is 1. The van der Waals surface area contributed by atoms with Crippen molar-refractivity contribution >= 4 is 12.1 Å². The first-order valence-electron chi connectivity index (χ1n) is 7.95. The molecule has 1 heterocycles. The van der Waals surface area contributed by atoms with E-state index in [9.17, 15) is 9.59 Å². The normalized spacial score (nSPS) is 22.3. The molecule has 0 spiro atoms. The number of aromatic carboxylic acids is 1. The first-order chi connectivity index (χ1) is 11.2. The zero-order chi connectivity index (χ0) is 17.5. The van der Waals surface area contributed by atoms with Gasteiger partial charge in [0.05, 0.1) is 5.56 Å². The van der Waals surface area contributed by atoms with Crippen molar-refractivity contribution in [3.05, 3.63) is 41.6 Å². The van der Waals surface area contributed by atoms with Crippen LogP contribution in [0.2, 0.25) is 0 Å². The Bertz CT molecular complexity index is 704. The van der Waals surface area contributed by atoms with E-state index >= 15 is 0 Å². The molecule has 0 saturated heterocycles. The van der Waals surface area contributed by atoms with Crippen molar-refractivity contribution in [2.45, 2.75) is 51.4 Å². The third-order valence-electron chi connectivity index (χ3n) is 4.03. The number of nitrogens with zero attached hydrogens (tertiary/aromatic N) is 1. The van der Waals surface area contributed by atoms with Gasteiger partial charge in [0.25, 0.3) is 0 Å². The van der Waals surface area contributed by atoms with Gasteiger partial charge in [-0.2, -0.15) is 0 Å². The second-order valence-corrected chi connectivity index (χ2v) is 7.12. The summed E-state index contributed by atoms with van der Waals surface area (Å²) >= 11 is 0. The van der Waals surface area contributed by atoms with Crippen LogP contribution in [-0.2, 0) is 4.74 Å². The second kappa shape index (κ2) is 5.85. The van der Waals surface area contributed by atoms with E-state index in [1.54, 1.807) is 23.2 Å². The summed E-state index contributed by atoms with van der Waals surface area (Å²) in [5, 5.41) is 9.04. The number of rotatable bonds is 3. The lowest BCUT2D eigenvalue weighted by Gasteiger charge is -2.29. The highest BCUT2D eigenvalue weighted by atomic mass is 16.6. The zero-order valence-electron chi connectivity index (χ0n) is 14.0. The number of hydrogen-bond donors (Lipinski definition) is 1. The molecular weight excluding hydrogens is 310 g/mol. The molecule has 2 bridgehead atoms. The van der Waals surface area contributed by atoms with E-state index < -0.39 is 11.6 Å². The Balaban J connectivity index is 1.68. The molecule has 0 unspecified atom stereocenters. The third kappa shape index (κ3) is 3.37. The van der Waals surface area contributed by atoms with Crippen LogP contribution >= 0.6 is 0 Å². The molecule has 24 heavy (non-hydrogen) atoms. The Morgan fingerprint density at radius 1 is 1.29 bits per heavy atom. The maximum absolute atomic E-state index is 12.2. The van der Waals surface area contributed by atoms with Gasteiger partial charge in [-0.3, -0.25) is 4.90 Å². The summed E-state index contributed by atoms with van der Waals surface area (Å²) in [5.74, 6) is -0.458. The fourth-order valence-electron chi connectivity index (χ4n) is 3.02. The summed E-state index contributed by atoms with van der Waals surface area (Å²) in [6, 6.07) is 6.49. The molecule has 1 saturated carbocycles. The molecule has 0 aromatic heterocycles. The lowest BCUT2D eigenvalue weighted by molar-refractivity contribution is 0.0264. The minimum absolute atomic E-state index is 0.0440. The maximum atomic E-state index is 12.2. The number of carboxylic acid groups (broad SMARTS) is 1. The molecule has 1 aliphatic heterocycles. The second-order valence-electron chi connectivity index (χ2n) is 7.12. The van der Waals surface area contributed by atoms with Crippen LogP contribution < -0.4 is 4.74 Å². The summed E-state index contributed by atoms with van der Waals surface area (Å²) in [4.78, 5) is 24.8. The van der Waals surface area contributed by atoms with Crippen molar-refractivity contribution in [3.63, 3.8) is 0 Å². The first kappa shape index (κ1) is 16.4. The van der Waals surface area contributed by atoms with Crippen molar-refractivity contribution < 1.29 is 24.2 Å². The summed E-state index contributed by atoms with van der Waals surface area (Å²) in [6.45, 7) is 5.52. The van der Waals surface area contributed by atoms with Gasteiger partial charge in [-0.1, -0.05) is 6.07 Å². The zero-order valence-corrected chi connectivity index (χ0v) is 14.0. The lowest BCUT2D eigenvalue weighted by atomic mass is 10.1. The Morgan fingerprint density at radius 2 is 2.04 bits per heavy atom. The monoisotopic (exact) mass is 331 g/mol. The van der Waals surface area contributed by atoms with E-state index in [4.69, 9.17) is 14.6 Å². The van der Waals surface area contributed by atoms with Crippen LogP contribution in [0.3, 0.4) is 0 Å². The van der Waals surface area contributed by atoms with Gasteiger partial charge < -0.3 is 14.6 Å². The molecule has 0 radical (unpaired) electrons. The largest absolute Gasteiger partial charge is 0.486 e. The maximum Gasteiger partial charge on any atom is 0.414 e. The van der Waals surface area contributed by atoms with E-state index in [0.717, 1.165) is 12.0 Å². The Hall–Kier alpha value is -2.50. The van der Waals surface area contributed by atoms with E-state index in [1.807, 2.05) is 20.8 Å². The van der Waals surface area contributed by atoms with Crippen LogP contribution in [0.15, 0.2) is 36.0 Å². The standard InChI is InChI=1S/C18H21NO5/c1-18(2,3)24-17(22)19-10-12-7-13(19)9-15(12)23-14-6-4-5-11(8-14)16(20)21/h4-6,8,10,13,15H,7,9H2,1-3H3,(H,20,21)/t13-,15+/m0/s1. The summed E-state index contributed by atoms with van der Waals surface area (Å²) in [6.07, 6.45) is 2.78. The Labute approximate surface area is 140 Å². The predicted octanol–water partition coefficient (Wildman–Crippen LogP) is 3.43. The number of fused-ring (bicyclic) bond motifs is 2. The third-order valence-corrected chi connectivity index (χ3v) is 4.03. The number of ether oxygens (including phenoxy) is 2. The van der Waals surface area contributed by atoms with Crippen LogP contribution in [0.4, 0.5) is 4.79 Å². The molecule has 2 atom stereocenters. The van der Waals surface area contributed by atoms with Crippen molar-refractivity contribution in [1.82, 2.24) is 4.90 Å². The number of carbonyl (C=O) groups excluding carboxylic acids is 1. The summed E-state index contributed by atoms with van der Waals surface area (Å²) in [5.41, 5.74) is 0.705. The lowest BCUT2D eigenvalue weighted by Crippen LogP contribution is -2.39. The molecule has 1 N–H and O–H groups in total. The molecule has 1 aromatic rings. The number of carboxylic acids is 1. The van der Waals surface area contributed by atoms with Crippen LogP contribution in [0.25, 0.3) is 0 Å². The fourth-order valence-corrected chi connectivity index (χ4v) is 3.02. The van der Waals surface area contributed by atoms with E-state index in [0.29, 0.717) is 12.2 Å². The average Bonchev–Trinajstić information content (AvgIpc) is 3.05. The molecule has 1 aliphatic carbocycles. The topological polar surface area (TPSA) is 76.1 Å². The molecule has 1 aromatic carbocycles. The van der Waals surface area contributed by atoms with Crippen LogP contribution in [0, 0.1) is 0 Å². The molecule has 6 heteroatoms. The first-order valence-corrected chi connectivity index (χ1v) is 7.95. The Kier molecular flexibility index (Phi) is 3.99. The van der Waals surface area contributed by atoms with Crippen molar-refractivity contribution in [1.29, 1.82) is 0 Å². The summed E-state index contributed by atoms with van der Waals surface area (Å²) in [7, 11) is 0. The van der Waals surface area contributed by atoms with Gasteiger partial charge in [-0.05, 0) is 51.0 Å². The van der Waals surface area contributed by atoms with Crippen LogP contribution in [0.5, 0.6) is 5.75 Å². The highest BCUT2D eigenvalue weighted by Crippen LogP contribution is 2.39. The van der Waals surface area contributed by atoms with Crippen LogP contribution in [0.1, 0.15) is 44.0 Å². The number of hydrogen-bond acceptors (Lipinski definition) is 4. The van der Waals surface area contributed by atoms with Gasteiger partial charge in [0.15, 0.2) is 0 Å². The molecular formula is C18H21NO5. The van der Waals surface area contributed by atoms with Crippen molar-refractivity contribution in [3.8, 4) is 5.75 Å². The average molecular weight is 331 g/mol.